The van der Waals surface area contributed by atoms with Gasteiger partial charge in [-0.25, -0.2) is 9.67 Å². The van der Waals surface area contributed by atoms with Gasteiger partial charge in [-0.1, -0.05) is 0 Å². The molecule has 2 heterocycles. The van der Waals surface area contributed by atoms with Crippen molar-refractivity contribution in [3.8, 4) is 17.0 Å². The molecule has 1 aliphatic rings. The summed E-state index contributed by atoms with van der Waals surface area (Å²) in [5, 5.41) is 7.88. The molecule has 1 N–H and O–H groups in total. The van der Waals surface area contributed by atoms with Crippen molar-refractivity contribution >= 4 is 22.4 Å². The third-order valence-corrected chi connectivity index (χ3v) is 6.18. The Morgan fingerprint density at radius 2 is 1.97 bits per heavy atom. The largest absolute Gasteiger partial charge is 0.494 e. The van der Waals surface area contributed by atoms with Crippen molar-refractivity contribution in [2.75, 3.05) is 11.9 Å². The monoisotopic (exact) mass is 424 g/mol. The smallest absolute Gasteiger partial charge is 0.267 e. The third-order valence-electron chi connectivity index (χ3n) is 5.11. The van der Waals surface area contributed by atoms with Crippen molar-refractivity contribution in [2.45, 2.75) is 45.6 Å². The maximum atomic E-state index is 12.8. The quantitative estimate of drug-likeness (QED) is 0.650. The summed E-state index contributed by atoms with van der Waals surface area (Å²) >= 11 is 1.52. The Balaban J connectivity index is 1.53. The molecule has 3 aromatic rings. The van der Waals surface area contributed by atoms with Crippen molar-refractivity contribution in [3.63, 3.8) is 0 Å². The molecule has 1 aromatic carbocycles. The van der Waals surface area contributed by atoms with Crippen molar-refractivity contribution in [1.29, 1.82) is 0 Å². The molecule has 1 amide bonds. The van der Waals surface area contributed by atoms with Crippen LogP contribution in [0.2, 0.25) is 0 Å². The number of ether oxygens (including phenoxy) is 1. The average molecular weight is 425 g/mol. The number of fused-ring (bicyclic) bond motifs is 1. The molecule has 0 bridgehead atoms. The van der Waals surface area contributed by atoms with E-state index in [2.05, 4.69) is 15.4 Å². The van der Waals surface area contributed by atoms with E-state index in [1.54, 1.807) is 13.0 Å². The van der Waals surface area contributed by atoms with E-state index in [1.165, 1.54) is 27.0 Å². The summed E-state index contributed by atoms with van der Waals surface area (Å²) in [5.41, 5.74) is 2.21. The molecule has 7 nitrogen and oxygen atoms in total. The number of thiazole rings is 1. The molecule has 1 unspecified atom stereocenters. The van der Waals surface area contributed by atoms with Crippen LogP contribution in [0.4, 0.5) is 5.13 Å². The van der Waals surface area contributed by atoms with Crippen LogP contribution >= 0.6 is 11.3 Å². The van der Waals surface area contributed by atoms with E-state index in [0.717, 1.165) is 42.7 Å². The van der Waals surface area contributed by atoms with Crippen LogP contribution in [0.5, 0.6) is 5.75 Å². The van der Waals surface area contributed by atoms with Gasteiger partial charge in [0.2, 0.25) is 0 Å². The van der Waals surface area contributed by atoms with E-state index in [-0.39, 0.29) is 11.5 Å². The number of benzene rings is 1. The summed E-state index contributed by atoms with van der Waals surface area (Å²) in [5.74, 6) is 0.466. The van der Waals surface area contributed by atoms with Crippen LogP contribution in [0.15, 0.2) is 41.2 Å². The standard InChI is InChI=1S/C22H24N4O3S/c1-3-29-16-10-8-15(9-11-16)17-12-13-20(27)26(25-17)14(2)21(28)24-22-23-18-6-4-5-7-19(18)30-22/h8-14H,3-7H2,1-2H3,(H,23,24,28). The summed E-state index contributed by atoms with van der Waals surface area (Å²) in [6.07, 6.45) is 4.28. The molecule has 0 saturated carbocycles. The van der Waals surface area contributed by atoms with Gasteiger partial charge in [-0.2, -0.15) is 5.10 Å². The van der Waals surface area contributed by atoms with Crippen LogP contribution in [0.1, 0.15) is 43.3 Å². The molecule has 0 saturated heterocycles. The number of aryl methyl sites for hydroxylation is 2. The van der Waals surface area contributed by atoms with Gasteiger partial charge in [0.25, 0.3) is 11.5 Å². The zero-order valence-electron chi connectivity index (χ0n) is 17.1. The number of anilines is 1. The lowest BCUT2D eigenvalue weighted by molar-refractivity contribution is -0.119. The van der Waals surface area contributed by atoms with Gasteiger partial charge >= 0.3 is 0 Å². The molecule has 1 atom stereocenters. The van der Waals surface area contributed by atoms with Gasteiger partial charge in [-0.05, 0) is 69.9 Å². The molecule has 0 radical (unpaired) electrons. The Morgan fingerprint density at radius 1 is 1.20 bits per heavy atom. The minimum Gasteiger partial charge on any atom is -0.494 e. The molecule has 30 heavy (non-hydrogen) atoms. The molecule has 0 fully saturated rings. The number of rotatable bonds is 6. The number of carbonyl (C=O) groups excluding carboxylic acids is 1. The first kappa shape index (κ1) is 20.3. The van der Waals surface area contributed by atoms with E-state index in [4.69, 9.17) is 4.74 Å². The summed E-state index contributed by atoms with van der Waals surface area (Å²) in [7, 11) is 0. The van der Waals surface area contributed by atoms with Crippen LogP contribution in [0.3, 0.4) is 0 Å². The lowest BCUT2D eigenvalue weighted by Gasteiger charge is -2.14. The second-order valence-electron chi connectivity index (χ2n) is 7.22. The molecule has 1 aliphatic carbocycles. The molecule has 2 aromatic heterocycles. The average Bonchev–Trinajstić information content (AvgIpc) is 3.17. The van der Waals surface area contributed by atoms with Crippen molar-refractivity contribution in [3.05, 3.63) is 57.3 Å². The zero-order chi connectivity index (χ0) is 21.1. The molecule has 156 valence electrons. The highest BCUT2D eigenvalue weighted by Crippen LogP contribution is 2.30. The van der Waals surface area contributed by atoms with Gasteiger partial charge < -0.3 is 10.1 Å². The highest BCUT2D eigenvalue weighted by atomic mass is 32.1. The number of nitrogens with zero attached hydrogens (tertiary/aromatic N) is 3. The Hall–Kier alpha value is -3.00. The molecule has 0 spiro atoms. The number of hydrogen-bond donors (Lipinski definition) is 1. The van der Waals surface area contributed by atoms with Gasteiger partial charge in [0, 0.05) is 16.5 Å². The Kier molecular flexibility index (Phi) is 5.94. The van der Waals surface area contributed by atoms with E-state index >= 15 is 0 Å². The maximum Gasteiger partial charge on any atom is 0.267 e. The lowest BCUT2D eigenvalue weighted by atomic mass is 10.0. The number of carbonyl (C=O) groups is 1. The summed E-state index contributed by atoms with van der Waals surface area (Å²) in [6.45, 7) is 4.19. The van der Waals surface area contributed by atoms with Crippen molar-refractivity contribution in [1.82, 2.24) is 14.8 Å². The maximum absolute atomic E-state index is 12.8. The van der Waals surface area contributed by atoms with Crippen LogP contribution < -0.4 is 15.6 Å². The Morgan fingerprint density at radius 3 is 2.70 bits per heavy atom. The van der Waals surface area contributed by atoms with Gasteiger partial charge in [0.1, 0.15) is 11.8 Å². The first-order valence-electron chi connectivity index (χ1n) is 10.2. The number of amides is 1. The second kappa shape index (κ2) is 8.79. The van der Waals surface area contributed by atoms with E-state index in [1.807, 2.05) is 31.2 Å². The first-order chi connectivity index (χ1) is 14.5. The molecule has 0 aliphatic heterocycles. The van der Waals surface area contributed by atoms with Gasteiger partial charge in [0.15, 0.2) is 5.13 Å². The van der Waals surface area contributed by atoms with Crippen molar-refractivity contribution < 1.29 is 9.53 Å². The van der Waals surface area contributed by atoms with Crippen LogP contribution in [-0.2, 0) is 17.6 Å². The van der Waals surface area contributed by atoms with E-state index in [9.17, 15) is 9.59 Å². The number of nitrogens with one attached hydrogen (secondary N) is 1. The third kappa shape index (κ3) is 4.28. The van der Waals surface area contributed by atoms with Crippen LogP contribution in [0, 0.1) is 0 Å². The summed E-state index contributed by atoms with van der Waals surface area (Å²) in [4.78, 5) is 31.0. The van der Waals surface area contributed by atoms with Crippen LogP contribution in [-0.4, -0.2) is 27.3 Å². The summed E-state index contributed by atoms with van der Waals surface area (Å²) in [6, 6.07) is 9.81. The minimum atomic E-state index is -0.763. The molecule has 4 rings (SSSR count). The number of aromatic nitrogens is 3. The van der Waals surface area contributed by atoms with E-state index in [0.29, 0.717) is 17.4 Å². The highest BCUT2D eigenvalue weighted by molar-refractivity contribution is 7.15. The fourth-order valence-corrected chi connectivity index (χ4v) is 4.52. The predicted molar refractivity (Wildman–Crippen MR) is 117 cm³/mol. The highest BCUT2D eigenvalue weighted by Gasteiger charge is 2.21. The van der Waals surface area contributed by atoms with Gasteiger partial charge in [-0.3, -0.25) is 9.59 Å². The molecular formula is C22H24N4O3S. The van der Waals surface area contributed by atoms with Crippen molar-refractivity contribution in [2.24, 2.45) is 0 Å². The minimum absolute atomic E-state index is 0.306. The van der Waals surface area contributed by atoms with Crippen LogP contribution in [0.25, 0.3) is 11.3 Å². The molecular weight excluding hydrogens is 400 g/mol. The number of hydrogen-bond acceptors (Lipinski definition) is 6. The SMILES string of the molecule is CCOc1ccc(-c2ccc(=O)n(C(C)C(=O)Nc3nc4c(s3)CCCC4)n2)cc1. The Bertz CT molecular complexity index is 1080. The van der Waals surface area contributed by atoms with Gasteiger partial charge in [0.05, 0.1) is 18.0 Å². The fourth-order valence-electron chi connectivity index (χ4n) is 3.47. The zero-order valence-corrected chi connectivity index (χ0v) is 17.9. The van der Waals surface area contributed by atoms with E-state index < -0.39 is 6.04 Å². The molecule has 8 heteroatoms. The predicted octanol–water partition coefficient (Wildman–Crippen LogP) is 3.84. The second-order valence-corrected chi connectivity index (χ2v) is 8.30. The fraction of sp³-hybridized carbons (Fsp3) is 0.364. The van der Waals surface area contributed by atoms with Gasteiger partial charge in [-0.15, -0.1) is 11.3 Å². The Labute approximate surface area is 178 Å². The normalized spacial score (nSPS) is 14.1. The first-order valence-corrected chi connectivity index (χ1v) is 11.0. The topological polar surface area (TPSA) is 86.1 Å². The lowest BCUT2D eigenvalue weighted by Crippen LogP contribution is -2.33. The summed E-state index contributed by atoms with van der Waals surface area (Å²) < 4.78 is 6.68.